The van der Waals surface area contributed by atoms with Crippen LogP contribution in [0.1, 0.15) is 52.7 Å². The van der Waals surface area contributed by atoms with Crippen LogP contribution in [0, 0.1) is 12.8 Å². The van der Waals surface area contributed by atoms with E-state index in [1.54, 1.807) is 56.5 Å². The molecule has 2 heterocycles. The monoisotopic (exact) mass is 538 g/mol. The van der Waals surface area contributed by atoms with E-state index in [2.05, 4.69) is 26.6 Å². The molecule has 1 aliphatic rings. The van der Waals surface area contributed by atoms with Gasteiger partial charge in [-0.2, -0.15) is 4.37 Å². The Bertz CT molecular complexity index is 1240. The zero-order chi connectivity index (χ0) is 27.1. The lowest BCUT2D eigenvalue weighted by molar-refractivity contribution is 0.0916. The number of hydrogen-bond acceptors (Lipinski definition) is 9. The highest BCUT2D eigenvalue weighted by Crippen LogP contribution is 2.30. The first-order valence-electron chi connectivity index (χ1n) is 12.7. The number of nitrogens with zero attached hydrogens (tertiary/aromatic N) is 3. The number of ketones is 1. The third-order valence-corrected chi connectivity index (χ3v) is 7.07. The highest BCUT2D eigenvalue weighted by Gasteiger charge is 2.20. The van der Waals surface area contributed by atoms with Crippen LogP contribution in [0.15, 0.2) is 42.5 Å². The van der Waals surface area contributed by atoms with E-state index in [4.69, 9.17) is 14.2 Å². The zero-order valence-corrected chi connectivity index (χ0v) is 23.0. The number of likely N-dealkylation sites (tertiary alicyclic amines) is 1. The Hall–Kier alpha value is -3.34. The predicted octanol–water partition coefficient (Wildman–Crippen LogP) is 5.22. The molecule has 1 aromatic heterocycles. The van der Waals surface area contributed by atoms with Crippen molar-refractivity contribution in [1.29, 1.82) is 0 Å². The maximum atomic E-state index is 12.9. The molecule has 2 aromatic carbocycles. The molecule has 1 N–H and O–H groups in total. The van der Waals surface area contributed by atoms with Crippen LogP contribution < -0.4 is 14.8 Å². The molecule has 0 radical (unpaired) electrons. The molecule has 0 spiro atoms. The number of hydrogen-bond donors (Lipinski definition) is 1. The van der Waals surface area contributed by atoms with Crippen molar-refractivity contribution in [2.45, 2.75) is 39.2 Å². The summed E-state index contributed by atoms with van der Waals surface area (Å²) < 4.78 is 21.3. The smallest absolute Gasteiger partial charge is 0.257 e. The zero-order valence-electron chi connectivity index (χ0n) is 22.2. The third-order valence-electron chi connectivity index (χ3n) is 6.35. The van der Waals surface area contributed by atoms with Gasteiger partial charge in [-0.25, -0.2) is 4.98 Å². The van der Waals surface area contributed by atoms with Gasteiger partial charge in [0.05, 0.1) is 6.61 Å². The number of Topliss-reactive ketones (excluding diaryl/α,β-unsaturated/α-hetero) is 1. The van der Waals surface area contributed by atoms with E-state index in [1.165, 1.54) is 0 Å². The van der Waals surface area contributed by atoms with E-state index in [0.717, 1.165) is 37.5 Å². The van der Waals surface area contributed by atoms with Crippen LogP contribution in [0.4, 0.5) is 5.13 Å². The molecule has 1 saturated heterocycles. The number of carbonyl (C=O) groups excluding carboxylic acids is 2. The predicted molar refractivity (Wildman–Crippen MR) is 147 cm³/mol. The maximum Gasteiger partial charge on any atom is 0.257 e. The van der Waals surface area contributed by atoms with Crippen molar-refractivity contribution in [1.82, 2.24) is 14.3 Å². The summed E-state index contributed by atoms with van der Waals surface area (Å²) in [4.78, 5) is 32.2. The molecular weight excluding hydrogens is 504 g/mol. The highest BCUT2D eigenvalue weighted by molar-refractivity contribution is 7.09. The summed E-state index contributed by atoms with van der Waals surface area (Å²) in [6.45, 7) is 6.11. The molecule has 0 saturated carbocycles. The van der Waals surface area contributed by atoms with E-state index in [9.17, 15) is 9.59 Å². The summed E-state index contributed by atoms with van der Waals surface area (Å²) in [5.74, 6) is 2.27. The fraction of sp³-hybridized carbons (Fsp3) is 0.429. The number of benzene rings is 2. The van der Waals surface area contributed by atoms with Crippen molar-refractivity contribution < 1.29 is 23.8 Å². The van der Waals surface area contributed by atoms with Gasteiger partial charge in [0.15, 0.2) is 5.78 Å². The largest absolute Gasteiger partial charge is 0.488 e. The second-order valence-corrected chi connectivity index (χ2v) is 10.4. The van der Waals surface area contributed by atoms with Crippen LogP contribution in [-0.2, 0) is 4.74 Å². The van der Waals surface area contributed by atoms with E-state index >= 15 is 0 Å². The first kappa shape index (κ1) is 27.7. The summed E-state index contributed by atoms with van der Waals surface area (Å²) >= 11 is 1.11. The maximum absolute atomic E-state index is 12.9. The Morgan fingerprint density at radius 3 is 2.45 bits per heavy atom. The first-order chi connectivity index (χ1) is 18.3. The number of amides is 1. The number of ether oxygens (including phenoxy) is 3. The van der Waals surface area contributed by atoms with Crippen LogP contribution in [0.2, 0.25) is 0 Å². The minimum absolute atomic E-state index is 0.152. The molecule has 0 bridgehead atoms. The van der Waals surface area contributed by atoms with Crippen molar-refractivity contribution in [2.75, 3.05) is 39.2 Å². The SMILES string of the molecule is COC[C@H](C)Oc1cc(Oc2ccc(C(=O)CC3CCN(C)CC3)cc2)cc(C(=O)Nc2nc(C)ns2)c1. The van der Waals surface area contributed by atoms with E-state index in [0.29, 0.717) is 58.3 Å². The van der Waals surface area contributed by atoms with Crippen molar-refractivity contribution in [2.24, 2.45) is 5.92 Å². The molecule has 1 fully saturated rings. The number of aryl methyl sites for hydroxylation is 1. The van der Waals surface area contributed by atoms with Crippen LogP contribution in [0.3, 0.4) is 0 Å². The Balaban J connectivity index is 1.47. The van der Waals surface area contributed by atoms with Gasteiger partial charge in [0.1, 0.15) is 29.2 Å². The molecule has 202 valence electrons. The first-order valence-corrected chi connectivity index (χ1v) is 13.5. The van der Waals surface area contributed by atoms with Gasteiger partial charge in [0.25, 0.3) is 5.91 Å². The second-order valence-electron chi connectivity index (χ2n) is 9.68. The van der Waals surface area contributed by atoms with E-state index in [1.807, 2.05) is 6.92 Å². The standard InChI is InChI=1S/C28H34N4O5S/c1-18(17-35-4)36-24-14-22(27(34)30-28-29-19(2)31-38-28)15-25(16-24)37-23-7-5-21(6-8-23)26(33)13-20-9-11-32(3)12-10-20/h5-8,14-16,18,20H,9-13,17H2,1-4H3,(H,29,30,31,34)/t18-/m0/s1. The lowest BCUT2D eigenvalue weighted by atomic mass is 9.90. The number of methoxy groups -OCH3 is 1. The molecule has 0 unspecified atom stereocenters. The van der Waals surface area contributed by atoms with Crippen LogP contribution in [0.25, 0.3) is 0 Å². The van der Waals surface area contributed by atoms with Crippen molar-refractivity contribution >= 4 is 28.4 Å². The molecule has 10 heteroatoms. The Kier molecular flexibility index (Phi) is 9.43. The van der Waals surface area contributed by atoms with Gasteiger partial charge in [-0.3, -0.25) is 14.9 Å². The number of rotatable bonds is 11. The minimum Gasteiger partial charge on any atom is -0.488 e. The van der Waals surface area contributed by atoms with Crippen molar-refractivity contribution in [3.63, 3.8) is 0 Å². The lowest BCUT2D eigenvalue weighted by Crippen LogP contribution is -2.31. The van der Waals surface area contributed by atoms with Crippen molar-refractivity contribution in [3.8, 4) is 17.2 Å². The van der Waals surface area contributed by atoms with Gasteiger partial charge in [0.2, 0.25) is 5.13 Å². The van der Waals surface area contributed by atoms with Gasteiger partial charge in [-0.1, -0.05) is 0 Å². The highest BCUT2D eigenvalue weighted by atomic mass is 32.1. The topological polar surface area (TPSA) is 103 Å². The fourth-order valence-corrected chi connectivity index (χ4v) is 4.91. The summed E-state index contributed by atoms with van der Waals surface area (Å²) in [6, 6.07) is 12.1. The molecule has 1 amide bonds. The molecule has 4 rings (SSSR count). The number of carbonyl (C=O) groups is 2. The van der Waals surface area contributed by atoms with Crippen LogP contribution >= 0.6 is 11.5 Å². The lowest BCUT2D eigenvalue weighted by Gasteiger charge is -2.28. The van der Waals surface area contributed by atoms with Gasteiger partial charge in [-0.15, -0.1) is 0 Å². The normalized spacial score (nSPS) is 15.2. The molecule has 3 aromatic rings. The average molecular weight is 539 g/mol. The van der Waals surface area contributed by atoms with Crippen molar-refractivity contribution in [3.05, 3.63) is 59.4 Å². The molecule has 0 aliphatic carbocycles. The van der Waals surface area contributed by atoms with Gasteiger partial charge in [0, 0.05) is 42.3 Å². The number of nitrogens with one attached hydrogen (secondary N) is 1. The van der Waals surface area contributed by atoms with E-state index in [-0.39, 0.29) is 17.8 Å². The Morgan fingerprint density at radius 1 is 1.08 bits per heavy atom. The molecule has 1 aliphatic heterocycles. The van der Waals surface area contributed by atoms with Gasteiger partial charge in [-0.05, 0) is 89.1 Å². The molecular formula is C28H34N4O5S. The molecule has 9 nitrogen and oxygen atoms in total. The van der Waals surface area contributed by atoms with Crippen LogP contribution in [-0.4, -0.2) is 65.9 Å². The summed E-state index contributed by atoms with van der Waals surface area (Å²) in [5, 5.41) is 3.17. The van der Waals surface area contributed by atoms with Gasteiger partial charge < -0.3 is 19.1 Å². The summed E-state index contributed by atoms with van der Waals surface area (Å²) in [5.41, 5.74) is 1.02. The quantitative estimate of drug-likeness (QED) is 0.332. The number of aromatic nitrogens is 2. The van der Waals surface area contributed by atoms with Crippen LogP contribution in [0.5, 0.6) is 17.2 Å². The Morgan fingerprint density at radius 2 is 1.79 bits per heavy atom. The van der Waals surface area contributed by atoms with Gasteiger partial charge >= 0.3 is 0 Å². The fourth-order valence-electron chi connectivity index (χ4n) is 4.34. The molecule has 38 heavy (non-hydrogen) atoms. The molecule has 1 atom stereocenters. The summed E-state index contributed by atoms with van der Waals surface area (Å²) in [7, 11) is 3.72. The van der Waals surface area contributed by atoms with E-state index < -0.39 is 0 Å². The summed E-state index contributed by atoms with van der Waals surface area (Å²) in [6.07, 6.45) is 2.45. The second kappa shape index (κ2) is 12.9. The number of piperidine rings is 1. The Labute approximate surface area is 227 Å². The minimum atomic E-state index is -0.356. The third kappa shape index (κ3) is 7.83. The average Bonchev–Trinajstić information content (AvgIpc) is 3.30. The number of anilines is 1.